The number of likely N-dealkylation sites (tertiary alicyclic amines) is 1. The van der Waals surface area contributed by atoms with Crippen molar-refractivity contribution in [1.29, 1.82) is 0 Å². The smallest absolute Gasteiger partial charge is 0.239 e. The summed E-state index contributed by atoms with van der Waals surface area (Å²) in [6, 6.07) is 8.00. The minimum absolute atomic E-state index is 0. The molecule has 1 amide bonds. The van der Waals surface area contributed by atoms with Crippen LogP contribution in [0.3, 0.4) is 0 Å². The molecule has 1 aliphatic rings. The van der Waals surface area contributed by atoms with Gasteiger partial charge in [-0.05, 0) is 56.8 Å². The molecule has 2 rings (SSSR count). The Bertz CT molecular complexity index is 700. The van der Waals surface area contributed by atoms with Gasteiger partial charge in [0, 0.05) is 46.9 Å². The van der Waals surface area contributed by atoms with E-state index in [0.717, 1.165) is 82.3 Å². The molecule has 1 atom stereocenters. The number of methoxy groups -OCH3 is 1. The van der Waals surface area contributed by atoms with Crippen LogP contribution in [0.15, 0.2) is 29.3 Å². The van der Waals surface area contributed by atoms with Crippen LogP contribution in [0.25, 0.3) is 0 Å². The number of carbonyl (C=O) groups excluding carboxylic acids is 1. The van der Waals surface area contributed by atoms with E-state index in [1.54, 1.807) is 12.0 Å². The van der Waals surface area contributed by atoms with Crippen LogP contribution in [-0.4, -0.2) is 88.3 Å². The van der Waals surface area contributed by atoms with Gasteiger partial charge in [0.1, 0.15) is 5.75 Å². The standard InChI is InChI=1S/C24H41N5O3.HI/c1-5-32-18-8-15-26-24(27-19-20-10-12-21(31-4)13-11-20)25-14-7-17-29-16-6-9-22(29)23(30)28(2)3;/h10-13,22H,5-9,14-19H2,1-4H3,(H2,25,26,27);1H. The lowest BCUT2D eigenvalue weighted by molar-refractivity contribution is -0.133. The highest BCUT2D eigenvalue weighted by molar-refractivity contribution is 14.0. The maximum Gasteiger partial charge on any atom is 0.239 e. The summed E-state index contributed by atoms with van der Waals surface area (Å²) in [6.45, 7) is 7.60. The molecule has 0 bridgehead atoms. The molecular weight excluding hydrogens is 533 g/mol. The topological polar surface area (TPSA) is 78.4 Å². The predicted octanol–water partition coefficient (Wildman–Crippen LogP) is 2.72. The third-order valence-corrected chi connectivity index (χ3v) is 5.54. The number of nitrogens with zero attached hydrogens (tertiary/aromatic N) is 3. The Balaban J connectivity index is 0.00000544. The number of halogens is 1. The van der Waals surface area contributed by atoms with Crippen LogP contribution in [0, 0.1) is 0 Å². The summed E-state index contributed by atoms with van der Waals surface area (Å²) in [6.07, 6.45) is 3.94. The van der Waals surface area contributed by atoms with Crippen molar-refractivity contribution in [3.63, 3.8) is 0 Å². The summed E-state index contributed by atoms with van der Waals surface area (Å²) in [7, 11) is 5.34. The largest absolute Gasteiger partial charge is 0.497 e. The fourth-order valence-corrected chi connectivity index (χ4v) is 3.76. The molecule has 2 N–H and O–H groups in total. The Kier molecular flexibility index (Phi) is 15.1. The average molecular weight is 576 g/mol. The van der Waals surface area contributed by atoms with E-state index in [1.807, 2.05) is 45.3 Å². The summed E-state index contributed by atoms with van der Waals surface area (Å²) >= 11 is 0. The fourth-order valence-electron chi connectivity index (χ4n) is 3.76. The second-order valence-electron chi connectivity index (χ2n) is 8.20. The maximum atomic E-state index is 12.4. The number of hydrogen-bond acceptors (Lipinski definition) is 5. The molecule has 0 aromatic heterocycles. The van der Waals surface area contributed by atoms with Gasteiger partial charge in [0.15, 0.2) is 5.96 Å². The number of carbonyl (C=O) groups is 1. The quantitative estimate of drug-likeness (QED) is 0.163. The molecule has 0 aliphatic carbocycles. The van der Waals surface area contributed by atoms with Crippen LogP contribution in [-0.2, 0) is 16.1 Å². The molecule has 33 heavy (non-hydrogen) atoms. The molecule has 1 fully saturated rings. The van der Waals surface area contributed by atoms with Crippen LogP contribution in [0.5, 0.6) is 5.75 Å². The van der Waals surface area contributed by atoms with Crippen molar-refractivity contribution in [2.75, 3.05) is 60.6 Å². The second-order valence-corrected chi connectivity index (χ2v) is 8.20. The maximum absolute atomic E-state index is 12.4. The van der Waals surface area contributed by atoms with Crippen molar-refractivity contribution in [3.8, 4) is 5.75 Å². The molecule has 0 radical (unpaired) electrons. The SMILES string of the molecule is CCOCCCNC(=NCc1ccc(OC)cc1)NCCCN1CCCC1C(=O)N(C)C.I. The van der Waals surface area contributed by atoms with E-state index in [-0.39, 0.29) is 35.9 Å². The summed E-state index contributed by atoms with van der Waals surface area (Å²) in [5, 5.41) is 6.85. The highest BCUT2D eigenvalue weighted by atomic mass is 127. The van der Waals surface area contributed by atoms with Crippen molar-refractivity contribution < 1.29 is 14.3 Å². The van der Waals surface area contributed by atoms with E-state index in [0.29, 0.717) is 6.54 Å². The van der Waals surface area contributed by atoms with Crippen molar-refractivity contribution >= 4 is 35.8 Å². The van der Waals surface area contributed by atoms with Gasteiger partial charge in [-0.2, -0.15) is 0 Å². The number of hydrogen-bond donors (Lipinski definition) is 2. The number of aliphatic imine (C=N–C) groups is 1. The fraction of sp³-hybridized carbons (Fsp3) is 0.667. The van der Waals surface area contributed by atoms with Gasteiger partial charge >= 0.3 is 0 Å². The first kappa shape index (κ1) is 29.4. The first-order valence-corrected chi connectivity index (χ1v) is 11.7. The van der Waals surface area contributed by atoms with Crippen LogP contribution in [0.1, 0.15) is 38.2 Å². The highest BCUT2D eigenvalue weighted by Gasteiger charge is 2.30. The molecule has 1 unspecified atom stereocenters. The van der Waals surface area contributed by atoms with Gasteiger partial charge < -0.3 is 25.0 Å². The first-order chi connectivity index (χ1) is 15.5. The van der Waals surface area contributed by atoms with E-state index in [4.69, 9.17) is 14.5 Å². The zero-order chi connectivity index (χ0) is 23.2. The summed E-state index contributed by atoms with van der Waals surface area (Å²) in [5.41, 5.74) is 1.13. The average Bonchev–Trinajstić information content (AvgIpc) is 3.27. The van der Waals surface area contributed by atoms with E-state index < -0.39 is 0 Å². The van der Waals surface area contributed by atoms with E-state index in [1.165, 1.54) is 0 Å². The third kappa shape index (κ3) is 10.9. The number of benzene rings is 1. The van der Waals surface area contributed by atoms with Gasteiger partial charge in [-0.3, -0.25) is 9.69 Å². The molecule has 188 valence electrons. The molecular formula is C24H42IN5O3. The predicted molar refractivity (Wildman–Crippen MR) is 145 cm³/mol. The minimum atomic E-state index is 0. The van der Waals surface area contributed by atoms with Crippen LogP contribution in [0.2, 0.25) is 0 Å². The monoisotopic (exact) mass is 575 g/mol. The lowest BCUT2D eigenvalue weighted by Crippen LogP contribution is -2.44. The van der Waals surface area contributed by atoms with Gasteiger partial charge in [-0.1, -0.05) is 12.1 Å². The molecule has 1 aromatic rings. The number of nitrogens with one attached hydrogen (secondary N) is 2. The lowest BCUT2D eigenvalue weighted by atomic mass is 10.2. The van der Waals surface area contributed by atoms with E-state index in [9.17, 15) is 4.79 Å². The molecule has 1 aliphatic heterocycles. The lowest BCUT2D eigenvalue weighted by Gasteiger charge is -2.26. The van der Waals surface area contributed by atoms with Gasteiger partial charge in [-0.25, -0.2) is 4.99 Å². The minimum Gasteiger partial charge on any atom is -0.497 e. The summed E-state index contributed by atoms with van der Waals surface area (Å²) < 4.78 is 10.6. The van der Waals surface area contributed by atoms with Gasteiger partial charge in [0.05, 0.1) is 19.7 Å². The number of guanidine groups is 1. The van der Waals surface area contributed by atoms with Crippen LogP contribution >= 0.6 is 24.0 Å². The number of ether oxygens (including phenoxy) is 2. The van der Waals surface area contributed by atoms with Gasteiger partial charge in [0.25, 0.3) is 0 Å². The summed E-state index contributed by atoms with van der Waals surface area (Å²) in [4.78, 5) is 21.1. The molecule has 1 heterocycles. The van der Waals surface area contributed by atoms with Gasteiger partial charge in [0.2, 0.25) is 5.91 Å². The normalized spacial score (nSPS) is 16.2. The Morgan fingerprint density at radius 3 is 2.52 bits per heavy atom. The molecule has 9 heteroatoms. The first-order valence-electron chi connectivity index (χ1n) is 11.7. The Morgan fingerprint density at radius 2 is 1.88 bits per heavy atom. The van der Waals surface area contributed by atoms with E-state index >= 15 is 0 Å². The summed E-state index contributed by atoms with van der Waals surface area (Å²) in [5.74, 6) is 1.87. The molecule has 1 aromatic carbocycles. The molecule has 1 saturated heterocycles. The van der Waals surface area contributed by atoms with Crippen molar-refractivity contribution in [3.05, 3.63) is 29.8 Å². The zero-order valence-electron chi connectivity index (χ0n) is 20.6. The Morgan fingerprint density at radius 1 is 1.18 bits per heavy atom. The Labute approximate surface area is 216 Å². The van der Waals surface area contributed by atoms with E-state index in [2.05, 4.69) is 15.5 Å². The highest BCUT2D eigenvalue weighted by Crippen LogP contribution is 2.18. The van der Waals surface area contributed by atoms with Gasteiger partial charge in [-0.15, -0.1) is 24.0 Å². The zero-order valence-corrected chi connectivity index (χ0v) is 23.0. The number of amides is 1. The van der Waals surface area contributed by atoms with Crippen LogP contribution < -0.4 is 15.4 Å². The molecule has 0 saturated carbocycles. The second kappa shape index (κ2) is 16.9. The number of rotatable bonds is 13. The third-order valence-electron chi connectivity index (χ3n) is 5.54. The van der Waals surface area contributed by atoms with Crippen molar-refractivity contribution in [1.82, 2.24) is 20.4 Å². The molecule has 0 spiro atoms. The van der Waals surface area contributed by atoms with Crippen molar-refractivity contribution in [2.24, 2.45) is 4.99 Å². The molecule has 8 nitrogen and oxygen atoms in total. The van der Waals surface area contributed by atoms with Crippen LogP contribution in [0.4, 0.5) is 0 Å². The Hall–Kier alpha value is -1.59. The van der Waals surface area contributed by atoms with Crippen molar-refractivity contribution in [2.45, 2.75) is 45.2 Å². The number of likely N-dealkylation sites (N-methyl/N-ethyl adjacent to an activating group) is 1.